The molecule has 1 fully saturated rings. The molecule has 0 saturated carbocycles. The zero-order valence-corrected chi connectivity index (χ0v) is 24.0. The minimum atomic E-state index is -0.593. The maximum atomic E-state index is 13.3. The molecule has 4 rings (SSSR count). The molecule has 3 aromatic rings. The predicted octanol–water partition coefficient (Wildman–Crippen LogP) is 6.94. The van der Waals surface area contributed by atoms with Crippen LogP contribution in [0.15, 0.2) is 69.1 Å². The molecule has 11 heteroatoms. The van der Waals surface area contributed by atoms with Gasteiger partial charge in [0, 0.05) is 20.1 Å². The number of halogens is 4. The van der Waals surface area contributed by atoms with Crippen molar-refractivity contribution in [2.24, 2.45) is 0 Å². The Kier molecular flexibility index (Phi) is 8.37. The minimum Gasteiger partial charge on any atom is -0.493 e. The van der Waals surface area contributed by atoms with E-state index < -0.39 is 11.8 Å². The molecule has 0 spiro atoms. The van der Waals surface area contributed by atoms with Crippen molar-refractivity contribution in [3.05, 3.63) is 90.3 Å². The molecule has 0 aliphatic carbocycles. The molecule has 6 nitrogen and oxygen atoms in total. The SMILES string of the molecule is COc1cc(/C=C2\C(=O)NC(=S)N(c3cccc(Br)c3)C2=O)cc(Br)c1OCc1ccc(Cl)cc1Cl. The molecule has 0 radical (unpaired) electrons. The average Bonchev–Trinajstić information content (AvgIpc) is 2.81. The number of carbonyl (C=O) groups is 2. The first kappa shape index (κ1) is 26.6. The van der Waals surface area contributed by atoms with E-state index in [-0.39, 0.29) is 17.3 Å². The van der Waals surface area contributed by atoms with Crippen molar-refractivity contribution in [2.75, 3.05) is 12.0 Å². The Labute approximate surface area is 239 Å². The monoisotopic (exact) mass is 668 g/mol. The fourth-order valence-corrected chi connectivity index (χ4v) is 5.13. The van der Waals surface area contributed by atoms with Gasteiger partial charge in [-0.05, 0) is 82.3 Å². The Morgan fingerprint density at radius 1 is 1.08 bits per heavy atom. The van der Waals surface area contributed by atoms with Crippen molar-refractivity contribution in [2.45, 2.75) is 6.61 Å². The molecule has 1 N–H and O–H groups in total. The number of hydrogen-bond donors (Lipinski definition) is 1. The zero-order valence-electron chi connectivity index (χ0n) is 18.5. The van der Waals surface area contributed by atoms with E-state index in [1.54, 1.807) is 48.5 Å². The predicted molar refractivity (Wildman–Crippen MR) is 152 cm³/mol. The second-order valence-corrected chi connectivity index (χ2v) is 10.5. The molecule has 184 valence electrons. The quantitative estimate of drug-likeness (QED) is 0.175. The largest absolute Gasteiger partial charge is 0.493 e. The summed E-state index contributed by atoms with van der Waals surface area (Å²) >= 11 is 24.3. The topological polar surface area (TPSA) is 67.9 Å². The van der Waals surface area contributed by atoms with Crippen LogP contribution in [0, 0.1) is 0 Å². The highest BCUT2D eigenvalue weighted by molar-refractivity contribution is 9.10. The maximum Gasteiger partial charge on any atom is 0.270 e. The first-order valence-corrected chi connectivity index (χ1v) is 13.0. The lowest BCUT2D eigenvalue weighted by Crippen LogP contribution is -2.54. The number of ether oxygens (including phenoxy) is 2. The summed E-state index contributed by atoms with van der Waals surface area (Å²) in [6.45, 7) is 0.172. The van der Waals surface area contributed by atoms with Gasteiger partial charge in [-0.3, -0.25) is 19.8 Å². The lowest BCUT2D eigenvalue weighted by atomic mass is 10.1. The van der Waals surface area contributed by atoms with Gasteiger partial charge in [0.05, 0.1) is 17.3 Å². The van der Waals surface area contributed by atoms with Crippen LogP contribution in [0.2, 0.25) is 10.0 Å². The molecule has 0 unspecified atom stereocenters. The summed E-state index contributed by atoms with van der Waals surface area (Å²) in [5.41, 5.74) is 1.72. The van der Waals surface area contributed by atoms with Crippen LogP contribution in [0.25, 0.3) is 6.08 Å². The summed E-state index contributed by atoms with van der Waals surface area (Å²) in [4.78, 5) is 27.2. The number of anilines is 1. The van der Waals surface area contributed by atoms with Crippen molar-refractivity contribution in [3.63, 3.8) is 0 Å². The third-order valence-electron chi connectivity index (χ3n) is 5.12. The Balaban J connectivity index is 1.64. The van der Waals surface area contributed by atoms with Gasteiger partial charge in [0.25, 0.3) is 11.8 Å². The van der Waals surface area contributed by atoms with E-state index in [1.807, 2.05) is 6.07 Å². The van der Waals surface area contributed by atoms with Crippen LogP contribution in [-0.4, -0.2) is 24.0 Å². The normalized spacial score (nSPS) is 14.8. The van der Waals surface area contributed by atoms with E-state index in [9.17, 15) is 9.59 Å². The average molecular weight is 671 g/mol. The van der Waals surface area contributed by atoms with Crippen LogP contribution in [-0.2, 0) is 16.2 Å². The molecule has 0 aromatic heterocycles. The molecular formula is C25H16Br2Cl2N2O4S. The van der Waals surface area contributed by atoms with Crippen LogP contribution < -0.4 is 19.7 Å². The third-order valence-corrected chi connectivity index (χ3v) is 7.07. The number of amides is 2. The number of thiocarbonyl (C=S) groups is 1. The Hall–Kier alpha value is -2.43. The van der Waals surface area contributed by atoms with Gasteiger partial charge in [-0.15, -0.1) is 0 Å². The fraction of sp³-hybridized carbons (Fsp3) is 0.0800. The molecule has 1 aliphatic rings. The fourth-order valence-electron chi connectivity index (χ4n) is 3.43. The number of benzene rings is 3. The molecule has 3 aromatic carbocycles. The molecule has 1 heterocycles. The second kappa shape index (κ2) is 11.3. The van der Waals surface area contributed by atoms with Gasteiger partial charge in [0.1, 0.15) is 12.2 Å². The minimum absolute atomic E-state index is 0.00335. The first-order chi connectivity index (χ1) is 17.2. The van der Waals surface area contributed by atoms with Gasteiger partial charge in [0.2, 0.25) is 0 Å². The van der Waals surface area contributed by atoms with Crippen molar-refractivity contribution in [1.29, 1.82) is 0 Å². The highest BCUT2D eigenvalue weighted by Gasteiger charge is 2.34. The highest BCUT2D eigenvalue weighted by atomic mass is 79.9. The molecule has 2 amide bonds. The van der Waals surface area contributed by atoms with Crippen molar-refractivity contribution in [3.8, 4) is 11.5 Å². The van der Waals surface area contributed by atoms with Crippen LogP contribution >= 0.6 is 67.3 Å². The Bertz CT molecular complexity index is 1430. The standard InChI is InChI=1S/C25H16Br2Cl2N2O4S/c1-34-21-9-13(8-19(27)22(21)35-12-14-5-6-16(28)11-20(14)29)7-18-23(32)30-25(36)31(24(18)33)17-4-2-3-15(26)10-17/h2-11H,12H2,1H3,(H,30,32,36)/b18-7+. The third kappa shape index (κ3) is 5.76. The summed E-state index contributed by atoms with van der Waals surface area (Å²) in [6, 6.07) is 15.6. The van der Waals surface area contributed by atoms with Crippen LogP contribution in [0.3, 0.4) is 0 Å². The van der Waals surface area contributed by atoms with Crippen LogP contribution in [0.1, 0.15) is 11.1 Å². The van der Waals surface area contributed by atoms with Crippen molar-refractivity contribution < 1.29 is 19.1 Å². The van der Waals surface area contributed by atoms with E-state index in [0.717, 1.165) is 10.0 Å². The van der Waals surface area contributed by atoms with E-state index in [1.165, 1.54) is 18.1 Å². The van der Waals surface area contributed by atoms with Crippen molar-refractivity contribution >= 4 is 96.0 Å². The van der Waals surface area contributed by atoms with E-state index in [0.29, 0.717) is 37.3 Å². The summed E-state index contributed by atoms with van der Waals surface area (Å²) in [7, 11) is 1.49. The lowest BCUT2D eigenvalue weighted by Gasteiger charge is -2.29. The molecule has 0 bridgehead atoms. The number of rotatable bonds is 6. The number of carbonyl (C=O) groups excluding carboxylic acids is 2. The van der Waals surface area contributed by atoms with Crippen LogP contribution in [0.5, 0.6) is 11.5 Å². The van der Waals surface area contributed by atoms with Gasteiger partial charge in [0.15, 0.2) is 16.6 Å². The van der Waals surface area contributed by atoms with Gasteiger partial charge in [-0.2, -0.15) is 0 Å². The van der Waals surface area contributed by atoms with Gasteiger partial charge in [-0.25, -0.2) is 0 Å². The number of hydrogen-bond acceptors (Lipinski definition) is 5. The first-order valence-electron chi connectivity index (χ1n) is 10.3. The van der Waals surface area contributed by atoms with Gasteiger partial charge in [-0.1, -0.05) is 51.3 Å². The molecule has 0 atom stereocenters. The lowest BCUT2D eigenvalue weighted by molar-refractivity contribution is -0.122. The smallest absolute Gasteiger partial charge is 0.270 e. The Morgan fingerprint density at radius 3 is 2.56 bits per heavy atom. The van der Waals surface area contributed by atoms with Crippen molar-refractivity contribution in [1.82, 2.24) is 5.32 Å². The molecule has 36 heavy (non-hydrogen) atoms. The summed E-state index contributed by atoms with van der Waals surface area (Å²) in [5.74, 6) is -0.315. The van der Waals surface area contributed by atoms with Gasteiger partial charge >= 0.3 is 0 Å². The zero-order chi connectivity index (χ0) is 26.0. The van der Waals surface area contributed by atoms with E-state index >= 15 is 0 Å². The highest BCUT2D eigenvalue weighted by Crippen LogP contribution is 2.38. The molecule has 1 aliphatic heterocycles. The summed E-state index contributed by atoms with van der Waals surface area (Å²) in [5, 5.41) is 3.59. The molecule has 1 saturated heterocycles. The maximum absolute atomic E-state index is 13.3. The van der Waals surface area contributed by atoms with E-state index in [4.69, 9.17) is 44.9 Å². The van der Waals surface area contributed by atoms with E-state index in [2.05, 4.69) is 37.2 Å². The van der Waals surface area contributed by atoms with Crippen LogP contribution in [0.4, 0.5) is 5.69 Å². The summed E-state index contributed by atoms with van der Waals surface area (Å²) in [6.07, 6.45) is 1.47. The number of nitrogens with zero attached hydrogens (tertiary/aromatic N) is 1. The summed E-state index contributed by atoms with van der Waals surface area (Å²) < 4.78 is 12.8. The van der Waals surface area contributed by atoms with Gasteiger partial charge < -0.3 is 9.47 Å². The Morgan fingerprint density at radius 2 is 1.86 bits per heavy atom. The number of nitrogens with one attached hydrogen (secondary N) is 1. The number of methoxy groups -OCH3 is 1. The second-order valence-electron chi connectivity index (χ2n) is 7.50. The molecular weight excluding hydrogens is 655 g/mol.